The van der Waals surface area contributed by atoms with Crippen LogP contribution in [0.4, 0.5) is 5.69 Å². The van der Waals surface area contributed by atoms with E-state index in [1.807, 2.05) is 84.3 Å². The van der Waals surface area contributed by atoms with E-state index in [1.54, 1.807) is 7.11 Å². The zero-order chi connectivity index (χ0) is 23.9. The minimum atomic E-state index is -0.129. The Morgan fingerprint density at radius 2 is 1.76 bits per heavy atom. The first-order valence-electron chi connectivity index (χ1n) is 10.6. The maximum Gasteiger partial charge on any atom is 0.234 e. The van der Waals surface area contributed by atoms with Crippen molar-refractivity contribution in [2.24, 2.45) is 0 Å². The van der Waals surface area contributed by atoms with Crippen LogP contribution in [0.2, 0.25) is 0 Å². The summed E-state index contributed by atoms with van der Waals surface area (Å²) in [5.74, 6) is 2.27. The Balaban J connectivity index is 1.60. The third-order valence-electron chi connectivity index (χ3n) is 4.83. The van der Waals surface area contributed by atoms with E-state index in [4.69, 9.17) is 9.47 Å². The molecule has 7 nitrogen and oxygen atoms in total. The first-order chi connectivity index (χ1) is 16.6. The number of anilines is 1. The Labute approximate surface area is 210 Å². The average molecular weight is 539 g/mol. The number of rotatable bonds is 9. The molecule has 0 saturated heterocycles. The standard InChI is InChI=1S/C25H23BrN4O3S/c1-3-33-22-13-9-20(10-14-22)30-24(17-7-11-21(32-2)12-8-17)28-29-25(30)34-16-23(31)27-19-6-4-5-18(26)15-19/h4-15H,3,16H2,1-2H3,(H,27,31). The van der Waals surface area contributed by atoms with E-state index in [9.17, 15) is 4.79 Å². The lowest BCUT2D eigenvalue weighted by atomic mass is 10.2. The van der Waals surface area contributed by atoms with Crippen molar-refractivity contribution in [2.75, 3.05) is 24.8 Å². The number of carbonyl (C=O) groups is 1. The highest BCUT2D eigenvalue weighted by Gasteiger charge is 2.18. The number of halogens is 1. The van der Waals surface area contributed by atoms with E-state index in [0.717, 1.165) is 32.9 Å². The molecule has 0 aliphatic heterocycles. The predicted molar refractivity (Wildman–Crippen MR) is 138 cm³/mol. The molecule has 1 aromatic heterocycles. The van der Waals surface area contributed by atoms with Gasteiger partial charge in [-0.25, -0.2) is 0 Å². The fraction of sp³-hybridized carbons (Fsp3) is 0.160. The molecule has 0 atom stereocenters. The van der Waals surface area contributed by atoms with Crippen molar-refractivity contribution in [3.8, 4) is 28.6 Å². The molecule has 1 amide bonds. The van der Waals surface area contributed by atoms with Crippen LogP contribution in [-0.4, -0.2) is 40.1 Å². The summed E-state index contributed by atoms with van der Waals surface area (Å²) in [7, 11) is 1.63. The van der Waals surface area contributed by atoms with Gasteiger partial charge in [0.05, 0.1) is 19.5 Å². The molecule has 174 valence electrons. The van der Waals surface area contributed by atoms with Gasteiger partial charge in [0.25, 0.3) is 0 Å². The van der Waals surface area contributed by atoms with E-state index in [0.29, 0.717) is 17.6 Å². The first-order valence-corrected chi connectivity index (χ1v) is 12.4. The van der Waals surface area contributed by atoms with Crippen LogP contribution >= 0.6 is 27.7 Å². The number of aromatic nitrogens is 3. The SMILES string of the molecule is CCOc1ccc(-n2c(SCC(=O)Nc3cccc(Br)c3)nnc2-c2ccc(OC)cc2)cc1. The summed E-state index contributed by atoms with van der Waals surface area (Å²) in [5, 5.41) is 12.3. The van der Waals surface area contributed by atoms with Crippen LogP contribution in [0, 0.1) is 0 Å². The van der Waals surface area contributed by atoms with Gasteiger partial charge < -0.3 is 14.8 Å². The highest BCUT2D eigenvalue weighted by Crippen LogP contribution is 2.30. The fourth-order valence-electron chi connectivity index (χ4n) is 3.27. The first kappa shape index (κ1) is 23.8. The second kappa shape index (κ2) is 11.2. The molecule has 1 heterocycles. The summed E-state index contributed by atoms with van der Waals surface area (Å²) >= 11 is 4.74. The van der Waals surface area contributed by atoms with Gasteiger partial charge in [-0.15, -0.1) is 10.2 Å². The summed E-state index contributed by atoms with van der Waals surface area (Å²) in [6.45, 7) is 2.54. The lowest BCUT2D eigenvalue weighted by Gasteiger charge is -2.12. The monoisotopic (exact) mass is 538 g/mol. The van der Waals surface area contributed by atoms with Crippen LogP contribution in [-0.2, 0) is 4.79 Å². The van der Waals surface area contributed by atoms with E-state index in [1.165, 1.54) is 11.8 Å². The summed E-state index contributed by atoms with van der Waals surface area (Å²) in [6.07, 6.45) is 0. The number of methoxy groups -OCH3 is 1. The van der Waals surface area contributed by atoms with E-state index >= 15 is 0 Å². The van der Waals surface area contributed by atoms with Crippen molar-refractivity contribution in [1.29, 1.82) is 0 Å². The molecule has 0 aliphatic rings. The topological polar surface area (TPSA) is 78.3 Å². The molecular formula is C25H23BrN4O3S. The van der Waals surface area contributed by atoms with Gasteiger partial charge in [0.1, 0.15) is 11.5 Å². The summed E-state index contributed by atoms with van der Waals surface area (Å²) in [4.78, 5) is 12.6. The molecule has 0 radical (unpaired) electrons. The molecule has 3 aromatic carbocycles. The Morgan fingerprint density at radius 1 is 1.03 bits per heavy atom. The third-order valence-corrected chi connectivity index (χ3v) is 6.25. The molecular weight excluding hydrogens is 516 g/mol. The predicted octanol–water partition coefficient (Wildman–Crippen LogP) is 5.83. The fourth-order valence-corrected chi connectivity index (χ4v) is 4.43. The van der Waals surface area contributed by atoms with Gasteiger partial charge in [-0.05, 0) is 73.7 Å². The van der Waals surface area contributed by atoms with Gasteiger partial charge in [-0.2, -0.15) is 0 Å². The molecule has 0 unspecified atom stereocenters. The van der Waals surface area contributed by atoms with Crippen molar-refractivity contribution >= 4 is 39.3 Å². The summed E-state index contributed by atoms with van der Waals surface area (Å²) in [5.41, 5.74) is 2.48. The molecule has 1 N–H and O–H groups in total. The second-order valence-corrected chi connectivity index (χ2v) is 9.00. The van der Waals surface area contributed by atoms with Gasteiger partial charge in [0, 0.05) is 21.4 Å². The van der Waals surface area contributed by atoms with Crippen molar-refractivity contribution in [3.05, 3.63) is 77.3 Å². The molecule has 0 spiro atoms. The summed E-state index contributed by atoms with van der Waals surface area (Å²) in [6, 6.07) is 22.8. The average Bonchev–Trinajstić information content (AvgIpc) is 3.27. The minimum absolute atomic E-state index is 0.129. The molecule has 0 fully saturated rings. The summed E-state index contributed by atoms with van der Waals surface area (Å²) < 4.78 is 13.7. The number of nitrogens with zero attached hydrogens (tertiary/aromatic N) is 3. The van der Waals surface area contributed by atoms with Crippen LogP contribution in [0.3, 0.4) is 0 Å². The van der Waals surface area contributed by atoms with Crippen LogP contribution in [0.15, 0.2) is 82.4 Å². The Morgan fingerprint density at radius 3 is 2.44 bits per heavy atom. The molecule has 0 aliphatic carbocycles. The second-order valence-electron chi connectivity index (χ2n) is 7.14. The van der Waals surface area contributed by atoms with Crippen molar-refractivity contribution in [1.82, 2.24) is 14.8 Å². The van der Waals surface area contributed by atoms with Crippen molar-refractivity contribution in [2.45, 2.75) is 12.1 Å². The van der Waals surface area contributed by atoms with Crippen molar-refractivity contribution in [3.63, 3.8) is 0 Å². The van der Waals surface area contributed by atoms with Gasteiger partial charge >= 0.3 is 0 Å². The minimum Gasteiger partial charge on any atom is -0.497 e. The van der Waals surface area contributed by atoms with Gasteiger partial charge in [0.2, 0.25) is 5.91 Å². The van der Waals surface area contributed by atoms with Crippen LogP contribution in [0.25, 0.3) is 17.1 Å². The normalized spacial score (nSPS) is 10.7. The molecule has 34 heavy (non-hydrogen) atoms. The van der Waals surface area contributed by atoms with E-state index < -0.39 is 0 Å². The highest BCUT2D eigenvalue weighted by atomic mass is 79.9. The quantitative estimate of drug-likeness (QED) is 0.270. The lowest BCUT2D eigenvalue weighted by Crippen LogP contribution is -2.14. The number of ether oxygens (including phenoxy) is 2. The van der Waals surface area contributed by atoms with Crippen LogP contribution < -0.4 is 14.8 Å². The highest BCUT2D eigenvalue weighted by molar-refractivity contribution is 9.10. The number of benzene rings is 3. The Hall–Kier alpha value is -3.30. The maximum absolute atomic E-state index is 12.6. The zero-order valence-corrected chi connectivity index (χ0v) is 21.1. The Kier molecular flexibility index (Phi) is 7.87. The third kappa shape index (κ3) is 5.78. The molecule has 0 saturated carbocycles. The molecule has 0 bridgehead atoms. The number of nitrogens with one attached hydrogen (secondary N) is 1. The van der Waals surface area contributed by atoms with Crippen molar-refractivity contribution < 1.29 is 14.3 Å². The maximum atomic E-state index is 12.6. The molecule has 4 rings (SSSR count). The van der Waals surface area contributed by atoms with E-state index in [2.05, 4.69) is 31.4 Å². The zero-order valence-electron chi connectivity index (χ0n) is 18.7. The number of carbonyl (C=O) groups excluding carboxylic acids is 1. The number of hydrogen-bond donors (Lipinski definition) is 1. The van der Waals surface area contributed by atoms with Gasteiger partial charge in [-0.1, -0.05) is 33.8 Å². The van der Waals surface area contributed by atoms with Crippen LogP contribution in [0.5, 0.6) is 11.5 Å². The Bertz CT molecular complexity index is 1260. The molecule has 9 heteroatoms. The molecule has 4 aromatic rings. The lowest BCUT2D eigenvalue weighted by molar-refractivity contribution is -0.113. The number of hydrogen-bond acceptors (Lipinski definition) is 6. The van der Waals surface area contributed by atoms with Crippen LogP contribution in [0.1, 0.15) is 6.92 Å². The number of thioether (sulfide) groups is 1. The van der Waals surface area contributed by atoms with E-state index in [-0.39, 0.29) is 11.7 Å². The van der Waals surface area contributed by atoms with Gasteiger partial charge in [-0.3, -0.25) is 9.36 Å². The van der Waals surface area contributed by atoms with Gasteiger partial charge in [0.15, 0.2) is 11.0 Å². The largest absolute Gasteiger partial charge is 0.497 e. The number of amides is 1. The smallest absolute Gasteiger partial charge is 0.234 e.